The molecule has 2 heterocycles. The third kappa shape index (κ3) is 7.54. The molecule has 1 aromatic carbocycles. The Kier molecular flexibility index (Phi) is 9.35. The topological polar surface area (TPSA) is 127 Å². The van der Waals surface area contributed by atoms with Crippen LogP contribution in [0.5, 0.6) is 5.88 Å². The number of alkyl carbamates (subject to hydrolysis) is 1. The number of rotatable bonds is 8. The Morgan fingerprint density at radius 1 is 1.14 bits per heavy atom. The Balaban J connectivity index is 1.22. The van der Waals surface area contributed by atoms with Gasteiger partial charge in [0, 0.05) is 18.0 Å². The fourth-order valence-corrected chi connectivity index (χ4v) is 7.12. The Bertz CT molecular complexity index is 1470. The molecule has 2 aromatic heterocycles. The third-order valence-electron chi connectivity index (χ3n) is 8.03. The molecule has 11 heteroatoms. The van der Waals surface area contributed by atoms with E-state index in [1.165, 1.54) is 4.88 Å². The summed E-state index contributed by atoms with van der Waals surface area (Å²) in [6.07, 6.45) is 6.07. The standard InChI is InChI=1S/C32H39N5O5S/c1-32(2,3)42-31(39)37(4)23-11-13-24(14-12-23)41-28-27-26-21(10-15-25(26)43-29(27)35-19-34-28)16-22(17-33)36-30(38)40-18-20-8-6-5-7-9-20/h5-9,19,21-24H,10-16,18H2,1-4H3,(H,36,38)/t21-,22?,23?,24?/m1/s1. The van der Waals surface area contributed by atoms with Gasteiger partial charge in [0.15, 0.2) is 0 Å². The quantitative estimate of drug-likeness (QED) is 0.309. The van der Waals surface area contributed by atoms with E-state index >= 15 is 0 Å². The van der Waals surface area contributed by atoms with Gasteiger partial charge < -0.3 is 24.4 Å². The predicted octanol–water partition coefficient (Wildman–Crippen LogP) is 6.49. The van der Waals surface area contributed by atoms with Crippen LogP contribution < -0.4 is 10.1 Å². The second-order valence-electron chi connectivity index (χ2n) is 12.3. The van der Waals surface area contributed by atoms with Crippen LogP contribution in [0, 0.1) is 11.3 Å². The van der Waals surface area contributed by atoms with Crippen molar-refractivity contribution in [3.05, 3.63) is 52.7 Å². The van der Waals surface area contributed by atoms with E-state index in [0.29, 0.717) is 12.3 Å². The number of aromatic nitrogens is 2. The van der Waals surface area contributed by atoms with Gasteiger partial charge in [0.05, 0.1) is 11.5 Å². The van der Waals surface area contributed by atoms with E-state index in [0.717, 1.165) is 59.9 Å². The first kappa shape index (κ1) is 30.5. The Hall–Kier alpha value is -3.91. The first-order chi connectivity index (χ1) is 20.6. The van der Waals surface area contributed by atoms with E-state index in [-0.39, 0.29) is 30.8 Å². The molecule has 2 atom stereocenters. The molecule has 1 N–H and O–H groups in total. The summed E-state index contributed by atoms with van der Waals surface area (Å²) in [6.45, 7) is 5.76. The van der Waals surface area contributed by atoms with Crippen LogP contribution >= 0.6 is 11.3 Å². The molecule has 0 saturated heterocycles. The second-order valence-corrected chi connectivity index (χ2v) is 13.4. The summed E-state index contributed by atoms with van der Waals surface area (Å²) < 4.78 is 17.4. The summed E-state index contributed by atoms with van der Waals surface area (Å²) >= 11 is 1.65. The molecular formula is C32H39N5O5S. The Labute approximate surface area is 256 Å². The zero-order valence-electron chi connectivity index (χ0n) is 25.2. The number of nitrogens with zero attached hydrogens (tertiary/aromatic N) is 4. The molecule has 43 heavy (non-hydrogen) atoms. The molecule has 2 aliphatic carbocycles. The minimum Gasteiger partial charge on any atom is -0.474 e. The number of thiophene rings is 1. The smallest absolute Gasteiger partial charge is 0.410 e. The normalized spacial score (nSPS) is 20.5. The highest BCUT2D eigenvalue weighted by Crippen LogP contribution is 2.47. The van der Waals surface area contributed by atoms with Crippen LogP contribution in [0.25, 0.3) is 10.2 Å². The molecule has 1 fully saturated rings. The molecule has 1 unspecified atom stereocenters. The second kappa shape index (κ2) is 13.2. The minimum atomic E-state index is -0.694. The number of carbonyl (C=O) groups is 2. The number of amides is 2. The summed E-state index contributed by atoms with van der Waals surface area (Å²) in [5, 5.41) is 13.5. The van der Waals surface area contributed by atoms with Gasteiger partial charge in [-0.2, -0.15) is 5.26 Å². The van der Waals surface area contributed by atoms with Gasteiger partial charge in [-0.15, -0.1) is 11.3 Å². The lowest BCUT2D eigenvalue weighted by Gasteiger charge is -2.35. The fraction of sp³-hybridized carbons (Fsp3) is 0.531. The number of fused-ring (bicyclic) bond motifs is 3. The average Bonchev–Trinajstić information content (AvgIpc) is 3.55. The van der Waals surface area contributed by atoms with Crippen LogP contribution in [0.1, 0.15) is 81.2 Å². The number of hydrogen-bond donors (Lipinski definition) is 1. The van der Waals surface area contributed by atoms with Crippen LogP contribution in [-0.2, 0) is 22.5 Å². The van der Waals surface area contributed by atoms with Gasteiger partial charge in [-0.1, -0.05) is 30.3 Å². The molecule has 2 amide bonds. The molecule has 0 aliphatic heterocycles. The predicted molar refractivity (Wildman–Crippen MR) is 163 cm³/mol. The number of nitrogens with one attached hydrogen (secondary N) is 1. The van der Waals surface area contributed by atoms with Gasteiger partial charge in [0.1, 0.15) is 35.5 Å². The van der Waals surface area contributed by atoms with E-state index in [4.69, 9.17) is 14.2 Å². The first-order valence-corrected chi connectivity index (χ1v) is 15.7. The highest BCUT2D eigenvalue weighted by Gasteiger charge is 2.34. The molecule has 1 saturated carbocycles. The van der Waals surface area contributed by atoms with E-state index in [9.17, 15) is 14.9 Å². The SMILES string of the molecule is CN(C(=O)OC(C)(C)C)C1CCC(Oc2ncnc3sc4c(c23)[C@@H](CC(C#N)NC(=O)OCc2ccccc2)CC4)CC1. The Morgan fingerprint density at radius 3 is 2.58 bits per heavy atom. The van der Waals surface area contributed by atoms with Crippen molar-refractivity contribution >= 4 is 33.7 Å². The number of benzene rings is 1. The number of hydrogen-bond acceptors (Lipinski definition) is 9. The maximum absolute atomic E-state index is 12.5. The van der Waals surface area contributed by atoms with Gasteiger partial charge in [-0.05, 0) is 82.8 Å². The van der Waals surface area contributed by atoms with Crippen LogP contribution in [0.15, 0.2) is 36.7 Å². The molecule has 2 aliphatic rings. The Morgan fingerprint density at radius 2 is 1.88 bits per heavy atom. The number of carbonyl (C=O) groups excluding carboxylic acids is 2. The van der Waals surface area contributed by atoms with Crippen molar-refractivity contribution in [2.45, 2.75) is 102 Å². The monoisotopic (exact) mass is 605 g/mol. The van der Waals surface area contributed by atoms with Crippen LogP contribution in [-0.4, -0.2) is 57.9 Å². The highest BCUT2D eigenvalue weighted by molar-refractivity contribution is 7.19. The zero-order valence-corrected chi connectivity index (χ0v) is 26.0. The van der Waals surface area contributed by atoms with Gasteiger partial charge >= 0.3 is 12.2 Å². The molecule has 0 radical (unpaired) electrons. The summed E-state index contributed by atoms with van der Waals surface area (Å²) in [7, 11) is 1.80. The first-order valence-electron chi connectivity index (χ1n) is 14.9. The van der Waals surface area contributed by atoms with Crippen molar-refractivity contribution in [2.24, 2.45) is 0 Å². The maximum Gasteiger partial charge on any atom is 0.410 e. The van der Waals surface area contributed by atoms with E-state index < -0.39 is 17.7 Å². The van der Waals surface area contributed by atoms with Crippen molar-refractivity contribution in [3.63, 3.8) is 0 Å². The van der Waals surface area contributed by atoms with Crippen LogP contribution in [0.3, 0.4) is 0 Å². The number of aryl methyl sites for hydroxylation is 1. The summed E-state index contributed by atoms with van der Waals surface area (Å²) in [5.41, 5.74) is 1.48. The highest BCUT2D eigenvalue weighted by atomic mass is 32.1. The fourth-order valence-electron chi connectivity index (χ4n) is 5.89. The van der Waals surface area contributed by atoms with Gasteiger partial charge in [-0.25, -0.2) is 19.6 Å². The zero-order chi connectivity index (χ0) is 30.6. The number of nitriles is 1. The number of ether oxygens (including phenoxy) is 3. The van der Waals surface area contributed by atoms with E-state index in [1.807, 2.05) is 51.1 Å². The van der Waals surface area contributed by atoms with E-state index in [1.54, 1.807) is 29.6 Å². The lowest BCUT2D eigenvalue weighted by atomic mass is 9.92. The van der Waals surface area contributed by atoms with E-state index in [2.05, 4.69) is 21.4 Å². The molecular weight excluding hydrogens is 566 g/mol. The minimum absolute atomic E-state index is 0.0234. The molecule has 228 valence electrons. The van der Waals surface area contributed by atoms with Crippen molar-refractivity contribution in [1.82, 2.24) is 20.2 Å². The van der Waals surface area contributed by atoms with Crippen molar-refractivity contribution in [3.8, 4) is 11.9 Å². The van der Waals surface area contributed by atoms with Crippen molar-refractivity contribution in [2.75, 3.05) is 7.05 Å². The average molecular weight is 606 g/mol. The van der Waals surface area contributed by atoms with Crippen molar-refractivity contribution in [1.29, 1.82) is 5.26 Å². The lowest BCUT2D eigenvalue weighted by Crippen LogP contribution is -2.43. The maximum atomic E-state index is 12.5. The molecule has 3 aromatic rings. The van der Waals surface area contributed by atoms with Crippen molar-refractivity contribution < 1.29 is 23.8 Å². The molecule has 0 bridgehead atoms. The summed E-state index contributed by atoms with van der Waals surface area (Å²) in [5.74, 6) is 0.636. The van der Waals surface area contributed by atoms with Gasteiger partial charge in [0.2, 0.25) is 5.88 Å². The lowest BCUT2D eigenvalue weighted by molar-refractivity contribution is 0.0137. The van der Waals surface area contributed by atoms with Gasteiger partial charge in [-0.3, -0.25) is 0 Å². The third-order valence-corrected chi connectivity index (χ3v) is 9.20. The summed E-state index contributed by atoms with van der Waals surface area (Å²) in [6, 6.07) is 11.1. The largest absolute Gasteiger partial charge is 0.474 e. The van der Waals surface area contributed by atoms with Crippen LogP contribution in [0.4, 0.5) is 9.59 Å². The molecule has 10 nitrogen and oxygen atoms in total. The molecule has 5 rings (SSSR count). The summed E-state index contributed by atoms with van der Waals surface area (Å²) in [4.78, 5) is 37.9. The van der Waals surface area contributed by atoms with Gasteiger partial charge in [0.25, 0.3) is 0 Å². The molecule has 0 spiro atoms. The van der Waals surface area contributed by atoms with Crippen LogP contribution in [0.2, 0.25) is 0 Å².